The summed E-state index contributed by atoms with van der Waals surface area (Å²) in [7, 11) is 0. The summed E-state index contributed by atoms with van der Waals surface area (Å²) in [5.41, 5.74) is 11.4. The SMILES string of the molecule is N#Cc1c(CCCNC(=O)c2ccccc2SCc2cscn2)nn(-c2ccccc2)c1N. The molecule has 0 aliphatic heterocycles. The molecule has 33 heavy (non-hydrogen) atoms. The van der Waals surface area contributed by atoms with Crippen LogP contribution in [0.1, 0.15) is 33.7 Å². The molecule has 2 heterocycles. The number of nitriles is 1. The van der Waals surface area contributed by atoms with E-state index in [9.17, 15) is 10.1 Å². The number of rotatable bonds is 9. The van der Waals surface area contributed by atoms with Crippen LogP contribution in [0.5, 0.6) is 0 Å². The molecular weight excluding hydrogens is 452 g/mol. The summed E-state index contributed by atoms with van der Waals surface area (Å²) in [6.45, 7) is 0.465. The fourth-order valence-electron chi connectivity index (χ4n) is 3.33. The molecule has 3 N–H and O–H groups in total. The van der Waals surface area contributed by atoms with Crippen molar-refractivity contribution in [2.24, 2.45) is 0 Å². The summed E-state index contributed by atoms with van der Waals surface area (Å²) >= 11 is 3.16. The number of hydrogen-bond acceptors (Lipinski definition) is 7. The lowest BCUT2D eigenvalue weighted by Crippen LogP contribution is -2.25. The van der Waals surface area contributed by atoms with Crippen LogP contribution in [0.25, 0.3) is 5.69 Å². The number of nitrogens with one attached hydrogen (secondary N) is 1. The van der Waals surface area contributed by atoms with Crippen LogP contribution in [-0.2, 0) is 12.2 Å². The van der Waals surface area contributed by atoms with Crippen molar-refractivity contribution in [2.75, 3.05) is 12.3 Å². The highest BCUT2D eigenvalue weighted by atomic mass is 32.2. The summed E-state index contributed by atoms with van der Waals surface area (Å²) in [6.07, 6.45) is 1.17. The molecule has 0 atom stereocenters. The monoisotopic (exact) mass is 474 g/mol. The first-order valence-electron chi connectivity index (χ1n) is 10.4. The first-order chi connectivity index (χ1) is 16.2. The Hall–Kier alpha value is -3.61. The Morgan fingerprint density at radius 3 is 2.73 bits per heavy atom. The molecule has 0 radical (unpaired) electrons. The standard InChI is InChI=1S/C24H22N6OS2/c25-13-20-21(29-30(23(20)26)18-7-2-1-3-8-18)10-6-12-27-24(31)19-9-4-5-11-22(19)33-15-17-14-32-16-28-17/h1-5,7-9,11,14,16H,6,10,12,15,26H2,(H,27,31). The molecule has 2 aromatic carbocycles. The number of benzene rings is 2. The summed E-state index contributed by atoms with van der Waals surface area (Å²) in [4.78, 5) is 18.0. The van der Waals surface area contributed by atoms with Gasteiger partial charge in [0.25, 0.3) is 5.91 Å². The predicted molar refractivity (Wildman–Crippen MR) is 131 cm³/mol. The van der Waals surface area contributed by atoms with Crippen molar-refractivity contribution in [3.8, 4) is 11.8 Å². The average molecular weight is 475 g/mol. The van der Waals surface area contributed by atoms with Crippen molar-refractivity contribution in [3.63, 3.8) is 0 Å². The molecule has 0 fully saturated rings. The molecule has 0 aliphatic rings. The van der Waals surface area contributed by atoms with Gasteiger partial charge in [0, 0.05) is 22.6 Å². The number of nitrogen functional groups attached to an aromatic ring is 1. The zero-order valence-electron chi connectivity index (χ0n) is 17.8. The van der Waals surface area contributed by atoms with Gasteiger partial charge in [-0.05, 0) is 37.1 Å². The number of para-hydroxylation sites is 1. The molecule has 9 heteroatoms. The molecule has 1 amide bonds. The van der Waals surface area contributed by atoms with Gasteiger partial charge < -0.3 is 11.1 Å². The maximum atomic E-state index is 12.8. The van der Waals surface area contributed by atoms with Crippen LogP contribution in [0.15, 0.2) is 70.4 Å². The van der Waals surface area contributed by atoms with Crippen LogP contribution in [0.3, 0.4) is 0 Å². The van der Waals surface area contributed by atoms with Gasteiger partial charge in [0.05, 0.1) is 28.1 Å². The topological polar surface area (TPSA) is 110 Å². The number of thiazole rings is 1. The van der Waals surface area contributed by atoms with E-state index >= 15 is 0 Å². The molecule has 0 saturated heterocycles. The fourth-order valence-corrected chi connectivity index (χ4v) is 4.95. The third-order valence-electron chi connectivity index (χ3n) is 4.97. The van der Waals surface area contributed by atoms with Crippen molar-refractivity contribution < 1.29 is 4.79 Å². The highest BCUT2D eigenvalue weighted by Gasteiger charge is 2.17. The van der Waals surface area contributed by atoms with Crippen molar-refractivity contribution in [1.82, 2.24) is 20.1 Å². The molecule has 0 aliphatic carbocycles. The summed E-state index contributed by atoms with van der Waals surface area (Å²) in [5.74, 6) is 0.927. The van der Waals surface area contributed by atoms with Crippen LogP contribution < -0.4 is 11.1 Å². The second-order valence-electron chi connectivity index (χ2n) is 7.19. The molecule has 0 unspecified atom stereocenters. The molecular formula is C24H22N6OS2. The van der Waals surface area contributed by atoms with E-state index in [2.05, 4.69) is 21.5 Å². The zero-order chi connectivity index (χ0) is 23.0. The fraction of sp³-hybridized carbons (Fsp3) is 0.167. The van der Waals surface area contributed by atoms with E-state index in [1.807, 2.05) is 65.5 Å². The van der Waals surface area contributed by atoms with Gasteiger partial charge in [0.1, 0.15) is 17.5 Å². The number of carbonyl (C=O) groups is 1. The van der Waals surface area contributed by atoms with E-state index in [4.69, 9.17) is 5.73 Å². The second-order valence-corrected chi connectivity index (χ2v) is 8.93. The number of aryl methyl sites for hydroxylation is 1. The number of nitrogens with zero attached hydrogens (tertiary/aromatic N) is 4. The van der Waals surface area contributed by atoms with Gasteiger partial charge in [-0.25, -0.2) is 9.67 Å². The smallest absolute Gasteiger partial charge is 0.252 e. The Morgan fingerprint density at radius 2 is 1.97 bits per heavy atom. The third-order valence-corrected chi connectivity index (χ3v) is 6.72. The van der Waals surface area contributed by atoms with E-state index in [0.717, 1.165) is 22.0 Å². The normalized spacial score (nSPS) is 10.6. The van der Waals surface area contributed by atoms with E-state index in [1.165, 1.54) is 0 Å². The largest absolute Gasteiger partial charge is 0.382 e. The van der Waals surface area contributed by atoms with Gasteiger partial charge in [-0.3, -0.25) is 4.79 Å². The van der Waals surface area contributed by atoms with Crippen molar-refractivity contribution >= 4 is 34.8 Å². The van der Waals surface area contributed by atoms with Gasteiger partial charge in [-0.1, -0.05) is 30.3 Å². The van der Waals surface area contributed by atoms with E-state index < -0.39 is 0 Å². The minimum atomic E-state index is -0.119. The highest BCUT2D eigenvalue weighted by molar-refractivity contribution is 7.98. The van der Waals surface area contributed by atoms with Gasteiger partial charge in [-0.15, -0.1) is 23.1 Å². The number of thioether (sulfide) groups is 1. The maximum absolute atomic E-state index is 12.8. The van der Waals surface area contributed by atoms with E-state index in [-0.39, 0.29) is 5.91 Å². The molecule has 4 rings (SSSR count). The van der Waals surface area contributed by atoms with Gasteiger partial charge in [-0.2, -0.15) is 10.4 Å². The van der Waals surface area contributed by atoms with E-state index in [1.54, 1.807) is 27.8 Å². The molecule has 166 valence electrons. The van der Waals surface area contributed by atoms with Crippen LogP contribution in [0.2, 0.25) is 0 Å². The average Bonchev–Trinajstić information content (AvgIpc) is 3.48. The molecule has 0 bridgehead atoms. The molecule has 4 aromatic rings. The van der Waals surface area contributed by atoms with Gasteiger partial charge in [0.2, 0.25) is 0 Å². The summed E-state index contributed by atoms with van der Waals surface area (Å²) in [6, 6.07) is 19.2. The first kappa shape index (κ1) is 22.6. The van der Waals surface area contributed by atoms with Gasteiger partial charge in [0.15, 0.2) is 0 Å². The Bertz CT molecular complexity index is 1260. The number of aromatic nitrogens is 3. The Balaban J connectivity index is 1.35. The molecule has 7 nitrogen and oxygen atoms in total. The van der Waals surface area contributed by atoms with Crippen LogP contribution in [-0.4, -0.2) is 27.2 Å². The molecule has 0 spiro atoms. The Morgan fingerprint density at radius 1 is 1.18 bits per heavy atom. The van der Waals surface area contributed by atoms with Crippen molar-refractivity contribution in [2.45, 2.75) is 23.5 Å². The Kier molecular flexibility index (Phi) is 7.40. The number of hydrogen-bond donors (Lipinski definition) is 2. The minimum absolute atomic E-state index is 0.119. The van der Waals surface area contributed by atoms with Crippen LogP contribution in [0.4, 0.5) is 5.82 Å². The summed E-state index contributed by atoms with van der Waals surface area (Å²) in [5, 5.41) is 19.1. The molecule has 2 aromatic heterocycles. The zero-order valence-corrected chi connectivity index (χ0v) is 19.4. The maximum Gasteiger partial charge on any atom is 0.252 e. The van der Waals surface area contributed by atoms with Crippen molar-refractivity contribution in [1.29, 1.82) is 5.26 Å². The highest BCUT2D eigenvalue weighted by Crippen LogP contribution is 2.26. The first-order valence-corrected chi connectivity index (χ1v) is 12.3. The number of amides is 1. The van der Waals surface area contributed by atoms with Crippen LogP contribution in [0, 0.1) is 11.3 Å². The Labute approximate surface area is 200 Å². The lowest BCUT2D eigenvalue weighted by molar-refractivity contribution is 0.0950. The predicted octanol–water partition coefficient (Wildman–Crippen LogP) is 4.44. The van der Waals surface area contributed by atoms with Gasteiger partial charge >= 0.3 is 0 Å². The number of nitrogens with two attached hydrogens (primary N) is 1. The summed E-state index contributed by atoms with van der Waals surface area (Å²) < 4.78 is 1.59. The lowest BCUT2D eigenvalue weighted by atomic mass is 10.1. The van der Waals surface area contributed by atoms with E-state index in [0.29, 0.717) is 42.0 Å². The number of carbonyl (C=O) groups excluding carboxylic acids is 1. The quantitative estimate of drug-likeness (QED) is 0.274. The van der Waals surface area contributed by atoms with Crippen LogP contribution >= 0.6 is 23.1 Å². The third kappa shape index (κ3) is 5.42. The molecule has 0 saturated carbocycles. The number of anilines is 1. The lowest BCUT2D eigenvalue weighted by Gasteiger charge is -2.09. The second kappa shape index (κ2) is 10.8. The van der Waals surface area contributed by atoms with Crippen molar-refractivity contribution in [3.05, 3.63) is 88.0 Å². The minimum Gasteiger partial charge on any atom is -0.382 e.